The van der Waals surface area contributed by atoms with E-state index in [9.17, 15) is 0 Å². The summed E-state index contributed by atoms with van der Waals surface area (Å²) in [6.07, 6.45) is 0. The molecule has 0 radical (unpaired) electrons. The van der Waals surface area contributed by atoms with Crippen LogP contribution < -0.4 is 10.1 Å². The van der Waals surface area contributed by atoms with Crippen molar-refractivity contribution in [1.82, 2.24) is 10.3 Å². The molecule has 3 nitrogen and oxygen atoms in total. The van der Waals surface area contributed by atoms with Crippen LogP contribution in [0.15, 0.2) is 5.38 Å². The van der Waals surface area contributed by atoms with Crippen LogP contribution in [-0.4, -0.2) is 25.2 Å². The van der Waals surface area contributed by atoms with E-state index in [4.69, 9.17) is 4.74 Å². The zero-order valence-corrected chi connectivity index (χ0v) is 7.57. The van der Waals surface area contributed by atoms with Crippen molar-refractivity contribution in [1.29, 1.82) is 0 Å². The molecule has 0 saturated heterocycles. The maximum Gasteiger partial charge on any atom is 0.273 e. The van der Waals surface area contributed by atoms with Gasteiger partial charge < -0.3 is 10.1 Å². The summed E-state index contributed by atoms with van der Waals surface area (Å²) in [6.45, 7) is 3.50. The number of aryl methyl sites for hydroxylation is 1. The summed E-state index contributed by atoms with van der Waals surface area (Å²) >= 11 is 1.54. The van der Waals surface area contributed by atoms with E-state index in [1.54, 1.807) is 0 Å². The van der Waals surface area contributed by atoms with Gasteiger partial charge in [-0.15, -0.1) is 0 Å². The predicted molar refractivity (Wildman–Crippen MR) is 46.3 cm³/mol. The van der Waals surface area contributed by atoms with Gasteiger partial charge in [0.05, 0.1) is 5.69 Å². The first-order valence-corrected chi connectivity index (χ1v) is 4.40. The van der Waals surface area contributed by atoms with Crippen LogP contribution in [0.4, 0.5) is 0 Å². The summed E-state index contributed by atoms with van der Waals surface area (Å²) < 4.78 is 5.31. The lowest BCUT2D eigenvalue weighted by molar-refractivity contribution is 0.316. The molecule has 0 aliphatic heterocycles. The van der Waals surface area contributed by atoms with E-state index in [2.05, 4.69) is 10.3 Å². The SMILES string of the molecule is CNCCOc1nc(C)cs1. The highest BCUT2D eigenvalue weighted by Crippen LogP contribution is 2.16. The lowest BCUT2D eigenvalue weighted by atomic mass is 10.6. The maximum atomic E-state index is 5.31. The Morgan fingerprint density at radius 1 is 1.73 bits per heavy atom. The molecule has 1 heterocycles. The Hall–Kier alpha value is -0.610. The van der Waals surface area contributed by atoms with Crippen LogP contribution in [0.5, 0.6) is 5.19 Å². The molecule has 1 aromatic rings. The van der Waals surface area contributed by atoms with Gasteiger partial charge in [0.15, 0.2) is 0 Å². The summed E-state index contributed by atoms with van der Waals surface area (Å²) in [5.41, 5.74) is 1.02. The first kappa shape index (κ1) is 8.49. The van der Waals surface area contributed by atoms with Crippen molar-refractivity contribution in [3.05, 3.63) is 11.1 Å². The van der Waals surface area contributed by atoms with E-state index in [0.29, 0.717) is 6.61 Å². The Labute approximate surface area is 70.4 Å². The molecule has 0 aliphatic rings. The van der Waals surface area contributed by atoms with Crippen molar-refractivity contribution in [2.75, 3.05) is 20.2 Å². The summed E-state index contributed by atoms with van der Waals surface area (Å²) in [7, 11) is 1.90. The molecule has 0 unspecified atom stereocenters. The van der Waals surface area contributed by atoms with Crippen LogP contribution in [-0.2, 0) is 0 Å². The third-order valence-corrected chi connectivity index (χ3v) is 2.05. The maximum absolute atomic E-state index is 5.31. The second kappa shape index (κ2) is 4.31. The average Bonchev–Trinajstić information content (AvgIpc) is 2.37. The van der Waals surface area contributed by atoms with Gasteiger partial charge in [0, 0.05) is 11.9 Å². The minimum Gasteiger partial charge on any atom is -0.469 e. The molecule has 11 heavy (non-hydrogen) atoms. The normalized spacial score (nSPS) is 10.0. The van der Waals surface area contributed by atoms with E-state index in [-0.39, 0.29) is 0 Å². The predicted octanol–water partition coefficient (Wildman–Crippen LogP) is 1.05. The second-order valence-electron chi connectivity index (χ2n) is 2.21. The Bertz CT molecular complexity index is 212. The molecule has 0 bridgehead atoms. The fourth-order valence-electron chi connectivity index (χ4n) is 0.639. The van der Waals surface area contributed by atoms with E-state index in [1.807, 2.05) is 19.4 Å². The van der Waals surface area contributed by atoms with Crippen LogP contribution in [0.1, 0.15) is 5.69 Å². The molecule has 1 N–H and O–H groups in total. The summed E-state index contributed by atoms with van der Waals surface area (Å²) in [5.74, 6) is 0. The van der Waals surface area contributed by atoms with Crippen LogP contribution >= 0.6 is 11.3 Å². The number of rotatable bonds is 4. The lowest BCUT2D eigenvalue weighted by Crippen LogP contribution is -2.15. The van der Waals surface area contributed by atoms with Crippen molar-refractivity contribution in [3.8, 4) is 5.19 Å². The number of ether oxygens (including phenoxy) is 1. The van der Waals surface area contributed by atoms with Gasteiger partial charge in [-0.05, 0) is 14.0 Å². The second-order valence-corrected chi connectivity index (χ2v) is 3.03. The molecule has 1 rings (SSSR count). The quantitative estimate of drug-likeness (QED) is 0.689. The molecule has 62 valence electrons. The number of thiazole rings is 1. The fraction of sp³-hybridized carbons (Fsp3) is 0.571. The van der Waals surface area contributed by atoms with Crippen LogP contribution in [0.3, 0.4) is 0 Å². The van der Waals surface area contributed by atoms with E-state index in [1.165, 1.54) is 11.3 Å². The van der Waals surface area contributed by atoms with Gasteiger partial charge in [0.1, 0.15) is 6.61 Å². The van der Waals surface area contributed by atoms with Gasteiger partial charge in [-0.1, -0.05) is 11.3 Å². The standard InChI is InChI=1S/C7H12N2OS/c1-6-5-11-7(9-6)10-4-3-8-2/h5,8H,3-4H2,1-2H3. The summed E-state index contributed by atoms with van der Waals surface area (Å²) in [5, 5.41) is 5.74. The first-order chi connectivity index (χ1) is 5.33. The van der Waals surface area contributed by atoms with Crippen LogP contribution in [0, 0.1) is 6.92 Å². The largest absolute Gasteiger partial charge is 0.469 e. The molecular formula is C7H12N2OS. The minimum absolute atomic E-state index is 0.684. The number of nitrogens with one attached hydrogen (secondary N) is 1. The zero-order chi connectivity index (χ0) is 8.10. The van der Waals surface area contributed by atoms with Gasteiger partial charge in [-0.25, -0.2) is 4.98 Å². The monoisotopic (exact) mass is 172 g/mol. The number of likely N-dealkylation sites (N-methyl/N-ethyl adjacent to an activating group) is 1. The highest BCUT2D eigenvalue weighted by atomic mass is 32.1. The van der Waals surface area contributed by atoms with Gasteiger partial charge >= 0.3 is 0 Å². The number of nitrogens with zero attached hydrogens (tertiary/aromatic N) is 1. The lowest BCUT2D eigenvalue weighted by Gasteiger charge is -1.99. The summed E-state index contributed by atoms with van der Waals surface area (Å²) in [4.78, 5) is 4.15. The van der Waals surface area contributed by atoms with Crippen LogP contribution in [0.2, 0.25) is 0 Å². The third-order valence-electron chi connectivity index (χ3n) is 1.18. The Kier molecular flexibility index (Phi) is 3.32. The number of hydrogen-bond donors (Lipinski definition) is 1. The molecule has 0 atom stereocenters. The third kappa shape index (κ3) is 2.86. The average molecular weight is 172 g/mol. The highest BCUT2D eigenvalue weighted by molar-refractivity contribution is 7.11. The molecule has 0 amide bonds. The first-order valence-electron chi connectivity index (χ1n) is 3.52. The zero-order valence-electron chi connectivity index (χ0n) is 6.76. The van der Waals surface area contributed by atoms with Crippen molar-refractivity contribution in [3.63, 3.8) is 0 Å². The Morgan fingerprint density at radius 3 is 3.09 bits per heavy atom. The van der Waals surface area contributed by atoms with Gasteiger partial charge in [-0.2, -0.15) is 0 Å². The molecule has 0 aromatic carbocycles. The molecule has 1 aromatic heterocycles. The van der Waals surface area contributed by atoms with E-state index in [0.717, 1.165) is 17.4 Å². The molecule has 4 heteroatoms. The van der Waals surface area contributed by atoms with E-state index < -0.39 is 0 Å². The molecule has 0 aliphatic carbocycles. The fourth-order valence-corrected chi connectivity index (χ4v) is 1.31. The van der Waals surface area contributed by atoms with E-state index >= 15 is 0 Å². The van der Waals surface area contributed by atoms with Gasteiger partial charge in [0.25, 0.3) is 5.19 Å². The topological polar surface area (TPSA) is 34.1 Å². The van der Waals surface area contributed by atoms with Gasteiger partial charge in [-0.3, -0.25) is 0 Å². The van der Waals surface area contributed by atoms with Crippen LogP contribution in [0.25, 0.3) is 0 Å². The Balaban J connectivity index is 2.27. The smallest absolute Gasteiger partial charge is 0.273 e. The van der Waals surface area contributed by atoms with Crippen molar-refractivity contribution in [2.24, 2.45) is 0 Å². The van der Waals surface area contributed by atoms with Crippen molar-refractivity contribution in [2.45, 2.75) is 6.92 Å². The van der Waals surface area contributed by atoms with Gasteiger partial charge in [0.2, 0.25) is 0 Å². The molecule has 0 saturated carbocycles. The van der Waals surface area contributed by atoms with Crippen molar-refractivity contribution < 1.29 is 4.74 Å². The highest BCUT2D eigenvalue weighted by Gasteiger charge is 1.96. The molecule has 0 spiro atoms. The summed E-state index contributed by atoms with van der Waals surface area (Å²) in [6, 6.07) is 0. The van der Waals surface area contributed by atoms with Crippen molar-refractivity contribution >= 4 is 11.3 Å². The Morgan fingerprint density at radius 2 is 2.55 bits per heavy atom. The minimum atomic E-state index is 0.684. The number of aromatic nitrogens is 1. The molecular weight excluding hydrogens is 160 g/mol. The number of hydrogen-bond acceptors (Lipinski definition) is 4. The molecule has 0 fully saturated rings.